The summed E-state index contributed by atoms with van der Waals surface area (Å²) in [5.74, 6) is -0.256. The van der Waals surface area contributed by atoms with E-state index in [4.69, 9.17) is 5.26 Å². The third kappa shape index (κ3) is 3.24. The molecular weight excluding hydrogens is 248 g/mol. The van der Waals surface area contributed by atoms with Gasteiger partial charge in [-0.25, -0.2) is 0 Å². The number of hydrogen-bond donors (Lipinski definition) is 1. The van der Waals surface area contributed by atoms with Crippen molar-refractivity contribution in [1.29, 1.82) is 5.26 Å². The first-order valence-corrected chi connectivity index (χ1v) is 6.59. The molecule has 1 amide bonds. The number of carbonyl (C=O) groups is 1. The smallest absolute Gasteiger partial charge is 0.238 e. The summed E-state index contributed by atoms with van der Waals surface area (Å²) in [6.07, 6.45) is 0.765. The topological polar surface area (TPSA) is 52.9 Å². The van der Waals surface area contributed by atoms with Crippen LogP contribution in [0.25, 0.3) is 11.1 Å². The molecule has 0 aromatic heterocycles. The summed E-state index contributed by atoms with van der Waals surface area (Å²) in [7, 11) is 0. The van der Waals surface area contributed by atoms with E-state index >= 15 is 0 Å². The van der Waals surface area contributed by atoms with Crippen molar-refractivity contribution >= 4 is 11.6 Å². The van der Waals surface area contributed by atoms with Gasteiger partial charge >= 0.3 is 0 Å². The van der Waals surface area contributed by atoms with Crippen LogP contribution in [0.1, 0.15) is 18.9 Å². The van der Waals surface area contributed by atoms with Crippen LogP contribution in [0.5, 0.6) is 0 Å². The van der Waals surface area contributed by atoms with Crippen molar-refractivity contribution in [3.8, 4) is 17.2 Å². The van der Waals surface area contributed by atoms with E-state index < -0.39 is 0 Å². The molecule has 0 atom stereocenters. The molecule has 3 rings (SSSR count). The summed E-state index contributed by atoms with van der Waals surface area (Å²) in [5, 5.41) is 11.0. The van der Waals surface area contributed by atoms with Crippen LogP contribution >= 0.6 is 0 Å². The van der Waals surface area contributed by atoms with Gasteiger partial charge in [-0.05, 0) is 29.2 Å². The number of rotatable bonds is 3. The highest BCUT2D eigenvalue weighted by Crippen LogP contribution is 2.29. The minimum atomic E-state index is -0.256. The van der Waals surface area contributed by atoms with Crippen LogP contribution in [-0.2, 0) is 11.2 Å². The van der Waals surface area contributed by atoms with Crippen LogP contribution in [0.3, 0.4) is 0 Å². The number of aryl methyl sites for hydroxylation is 1. The van der Waals surface area contributed by atoms with Crippen molar-refractivity contribution in [3.63, 3.8) is 0 Å². The summed E-state index contributed by atoms with van der Waals surface area (Å²) >= 11 is 0. The molecule has 0 radical (unpaired) electrons. The van der Waals surface area contributed by atoms with E-state index in [0.717, 1.165) is 17.7 Å². The van der Waals surface area contributed by atoms with Gasteiger partial charge in [-0.2, -0.15) is 5.26 Å². The average Bonchev–Trinajstić information content (AvgIpc) is 2.44. The van der Waals surface area contributed by atoms with Crippen molar-refractivity contribution in [2.75, 3.05) is 5.32 Å². The lowest BCUT2D eigenvalue weighted by Gasteiger charge is -2.10. The zero-order chi connectivity index (χ0) is 14.4. The summed E-state index contributed by atoms with van der Waals surface area (Å²) in [6, 6.07) is 17.9. The zero-order valence-corrected chi connectivity index (χ0v) is 11.4. The zero-order valence-electron chi connectivity index (χ0n) is 11.4. The molecule has 0 unspecified atom stereocenters. The van der Waals surface area contributed by atoms with E-state index in [2.05, 4.69) is 29.6 Å². The van der Waals surface area contributed by atoms with Gasteiger partial charge in [0, 0.05) is 5.69 Å². The summed E-state index contributed by atoms with van der Waals surface area (Å²) in [4.78, 5) is 11.1. The Morgan fingerprint density at radius 1 is 1.10 bits per heavy atom. The second kappa shape index (κ2) is 6.53. The molecule has 0 spiro atoms. The molecule has 100 valence electrons. The number of fused-ring (bicyclic) bond motifs is 1. The molecule has 2 aliphatic carbocycles. The SMILES string of the molecule is CCc1ccccc1NC(=O)CC#N.c1cc2ccc1-2. The number of amides is 1. The number of para-hydroxylation sites is 1. The van der Waals surface area contributed by atoms with Gasteiger partial charge in [0.15, 0.2) is 0 Å². The van der Waals surface area contributed by atoms with Crippen molar-refractivity contribution < 1.29 is 4.79 Å². The number of benzene rings is 2. The molecule has 3 nitrogen and oxygen atoms in total. The molecule has 0 fully saturated rings. The van der Waals surface area contributed by atoms with E-state index in [0.29, 0.717) is 0 Å². The van der Waals surface area contributed by atoms with Crippen LogP contribution in [0.15, 0.2) is 48.5 Å². The molecule has 0 bridgehead atoms. The van der Waals surface area contributed by atoms with E-state index in [1.54, 1.807) is 0 Å². The maximum absolute atomic E-state index is 11.1. The van der Waals surface area contributed by atoms with E-state index in [9.17, 15) is 4.79 Å². The molecule has 0 saturated heterocycles. The van der Waals surface area contributed by atoms with Crippen LogP contribution in [0, 0.1) is 11.3 Å². The van der Waals surface area contributed by atoms with E-state index in [-0.39, 0.29) is 12.3 Å². The van der Waals surface area contributed by atoms with Gasteiger partial charge in [-0.3, -0.25) is 4.79 Å². The Bertz CT molecular complexity index is 618. The van der Waals surface area contributed by atoms with Crippen LogP contribution < -0.4 is 5.32 Å². The fourth-order valence-corrected chi connectivity index (χ4v) is 1.88. The molecule has 0 saturated carbocycles. The Kier molecular flexibility index (Phi) is 4.52. The number of nitrogens with zero attached hydrogens (tertiary/aromatic N) is 1. The van der Waals surface area contributed by atoms with Gasteiger partial charge in [-0.15, -0.1) is 0 Å². The van der Waals surface area contributed by atoms with Crippen molar-refractivity contribution in [2.45, 2.75) is 19.8 Å². The normalized spacial score (nSPS) is 9.80. The third-order valence-corrected chi connectivity index (χ3v) is 3.13. The summed E-state index contributed by atoms with van der Waals surface area (Å²) < 4.78 is 0. The molecule has 0 heterocycles. The van der Waals surface area contributed by atoms with Crippen molar-refractivity contribution in [3.05, 3.63) is 54.1 Å². The van der Waals surface area contributed by atoms with E-state index in [1.807, 2.05) is 37.3 Å². The Morgan fingerprint density at radius 3 is 2.15 bits per heavy atom. The lowest BCUT2D eigenvalue weighted by molar-refractivity contribution is -0.115. The van der Waals surface area contributed by atoms with E-state index in [1.165, 1.54) is 11.1 Å². The monoisotopic (exact) mass is 264 g/mol. The van der Waals surface area contributed by atoms with Crippen LogP contribution in [0.4, 0.5) is 5.69 Å². The number of nitriles is 1. The number of hydrogen-bond acceptors (Lipinski definition) is 2. The Balaban J connectivity index is 0.000000198. The first kappa shape index (κ1) is 13.8. The van der Waals surface area contributed by atoms with Gasteiger partial charge in [-0.1, -0.05) is 49.4 Å². The fraction of sp³-hybridized carbons (Fsp3) is 0.176. The minimum absolute atomic E-state index is 0.0992. The van der Waals surface area contributed by atoms with Gasteiger partial charge in [0.25, 0.3) is 0 Å². The van der Waals surface area contributed by atoms with Crippen LogP contribution in [0.2, 0.25) is 0 Å². The first-order valence-electron chi connectivity index (χ1n) is 6.59. The molecule has 2 aliphatic rings. The second-order valence-electron chi connectivity index (χ2n) is 4.47. The number of nitrogens with one attached hydrogen (secondary N) is 1. The van der Waals surface area contributed by atoms with Crippen molar-refractivity contribution in [2.24, 2.45) is 0 Å². The average molecular weight is 264 g/mol. The molecule has 0 aliphatic heterocycles. The Hall–Kier alpha value is -2.60. The highest BCUT2D eigenvalue weighted by atomic mass is 16.1. The lowest BCUT2D eigenvalue weighted by Crippen LogP contribution is -2.11. The number of carbonyl (C=O) groups excluding carboxylic acids is 1. The van der Waals surface area contributed by atoms with Crippen LogP contribution in [-0.4, -0.2) is 5.91 Å². The quantitative estimate of drug-likeness (QED) is 0.783. The molecular formula is C17H16N2O. The Morgan fingerprint density at radius 2 is 1.70 bits per heavy atom. The molecule has 3 heteroatoms. The highest BCUT2D eigenvalue weighted by Gasteiger charge is 2.04. The molecule has 20 heavy (non-hydrogen) atoms. The highest BCUT2D eigenvalue weighted by molar-refractivity contribution is 5.92. The maximum atomic E-state index is 11.1. The summed E-state index contributed by atoms with van der Waals surface area (Å²) in [5.41, 5.74) is 4.74. The lowest BCUT2D eigenvalue weighted by atomic mass is 9.95. The second-order valence-corrected chi connectivity index (χ2v) is 4.47. The first-order chi connectivity index (χ1) is 9.74. The summed E-state index contributed by atoms with van der Waals surface area (Å²) in [6.45, 7) is 2.02. The third-order valence-electron chi connectivity index (χ3n) is 3.13. The standard InChI is InChI=1S/C11H12N2O.C6H4/c1-2-9-5-3-4-6-10(9)13-11(14)7-8-12;1-2-6-4-3-5(1)6/h3-6H,2,7H2,1H3,(H,13,14);1-4H. The predicted molar refractivity (Wildman–Crippen MR) is 80.1 cm³/mol. The minimum Gasteiger partial charge on any atom is -0.325 e. The Labute approximate surface area is 118 Å². The maximum Gasteiger partial charge on any atom is 0.238 e. The molecule has 1 aromatic rings. The molecule has 1 N–H and O–H groups in total. The van der Waals surface area contributed by atoms with Gasteiger partial charge in [0.2, 0.25) is 5.91 Å². The molecule has 1 aromatic carbocycles. The van der Waals surface area contributed by atoms with Gasteiger partial charge in [0.1, 0.15) is 6.42 Å². The largest absolute Gasteiger partial charge is 0.325 e. The van der Waals surface area contributed by atoms with Crippen molar-refractivity contribution in [1.82, 2.24) is 0 Å². The number of anilines is 1. The van der Waals surface area contributed by atoms with Gasteiger partial charge in [0.05, 0.1) is 6.07 Å². The van der Waals surface area contributed by atoms with Gasteiger partial charge < -0.3 is 5.32 Å². The fourth-order valence-electron chi connectivity index (χ4n) is 1.88. The predicted octanol–water partition coefficient (Wildman–Crippen LogP) is 3.77.